The molecule has 1 saturated heterocycles. The molecule has 0 aromatic rings. The van der Waals surface area contributed by atoms with E-state index in [4.69, 9.17) is 70.1 Å². The molecule has 5 atom stereocenters. The first-order chi connectivity index (χ1) is 22.9. The highest BCUT2D eigenvalue weighted by atomic mass is 16.4. The fraction of sp³-hybridized carbons (Fsp3) is 0.704. The number of rotatable bonds is 16. The van der Waals surface area contributed by atoms with E-state index in [1.165, 1.54) is 0 Å². The van der Waals surface area contributed by atoms with Gasteiger partial charge in [0, 0.05) is 6.42 Å². The molecular weight excluding hydrogens is 676 g/mol. The van der Waals surface area contributed by atoms with E-state index >= 15 is 0 Å². The van der Waals surface area contributed by atoms with Gasteiger partial charge in [-0.15, -0.1) is 0 Å². The Morgan fingerprint density at radius 1 is 0.680 bits per heavy atom. The predicted molar refractivity (Wildman–Crippen MR) is 176 cm³/mol. The van der Waals surface area contributed by atoms with Gasteiger partial charge in [0.25, 0.3) is 0 Å². The highest BCUT2D eigenvalue weighted by Crippen LogP contribution is 2.03. The lowest BCUT2D eigenvalue weighted by Gasteiger charge is -2.07. The van der Waals surface area contributed by atoms with Crippen molar-refractivity contribution in [2.75, 3.05) is 19.6 Å². The van der Waals surface area contributed by atoms with E-state index in [-0.39, 0.29) is 31.3 Å². The zero-order valence-corrected chi connectivity index (χ0v) is 28.2. The molecule has 1 heterocycles. The summed E-state index contributed by atoms with van der Waals surface area (Å²) in [6, 6.07) is -3.97. The van der Waals surface area contributed by atoms with Crippen LogP contribution in [-0.2, 0) is 38.4 Å². The fourth-order valence-corrected chi connectivity index (χ4v) is 2.51. The number of unbranched alkanes of at least 4 members (excludes halogenated alkanes) is 1. The van der Waals surface area contributed by atoms with Crippen molar-refractivity contribution in [2.24, 2.45) is 46.1 Å². The summed E-state index contributed by atoms with van der Waals surface area (Å²) in [5, 5.41) is 59.6. The van der Waals surface area contributed by atoms with E-state index in [0.717, 1.165) is 32.2 Å². The van der Waals surface area contributed by atoms with E-state index in [9.17, 15) is 38.4 Å². The molecule has 0 aromatic carbocycles. The average molecular weight is 733 g/mol. The maximum Gasteiger partial charge on any atom is 0.321 e. The topological polar surface area (TPSA) is 472 Å². The number of carbonyl (C=O) groups is 8. The summed E-state index contributed by atoms with van der Waals surface area (Å²) in [5.74, 6) is -7.67. The highest BCUT2D eigenvalue weighted by molar-refractivity contribution is 5.80. The maximum absolute atomic E-state index is 10.1. The number of aliphatic carboxylic acids is 7. The second-order valence-electron chi connectivity index (χ2n) is 10.4. The Kier molecular flexibility index (Phi) is 37.7. The van der Waals surface area contributed by atoms with Crippen LogP contribution in [-0.4, -0.2) is 133 Å². The zero-order valence-electron chi connectivity index (χ0n) is 28.2. The number of nitrogens with one attached hydrogen (secondary N) is 1. The molecule has 50 heavy (non-hydrogen) atoms. The minimum absolute atomic E-state index is 0.0208. The van der Waals surface area contributed by atoms with E-state index in [0.29, 0.717) is 13.0 Å². The van der Waals surface area contributed by atoms with Gasteiger partial charge in [-0.2, -0.15) is 0 Å². The Balaban J connectivity index is -0.000000164. The van der Waals surface area contributed by atoms with Crippen LogP contribution in [0.15, 0.2) is 0 Å². The van der Waals surface area contributed by atoms with Crippen molar-refractivity contribution in [1.29, 1.82) is 0 Å². The number of carboxylic acids is 7. The second-order valence-corrected chi connectivity index (χ2v) is 10.4. The van der Waals surface area contributed by atoms with Crippen LogP contribution in [0.3, 0.4) is 0 Å². The van der Waals surface area contributed by atoms with Crippen LogP contribution >= 0.6 is 0 Å². The van der Waals surface area contributed by atoms with Gasteiger partial charge < -0.3 is 81.2 Å². The largest absolute Gasteiger partial charge is 0.481 e. The highest BCUT2D eigenvalue weighted by Gasteiger charge is 2.20. The lowest BCUT2D eigenvalue weighted by atomic mass is 10.1. The molecule has 0 saturated carbocycles. The van der Waals surface area contributed by atoms with Gasteiger partial charge in [0.05, 0.1) is 13.0 Å². The third-order valence-electron chi connectivity index (χ3n) is 5.55. The molecule has 22 N–H and O–H groups in total. The van der Waals surface area contributed by atoms with Gasteiger partial charge in [0.15, 0.2) is 0 Å². The van der Waals surface area contributed by atoms with Crippen molar-refractivity contribution in [1.82, 2.24) is 5.32 Å². The molecule has 1 amide bonds. The Labute approximate surface area is 288 Å². The normalized spacial score (nSPS) is 14.9. The Morgan fingerprint density at radius 2 is 1.12 bits per heavy atom. The number of carboxylic acid groups (broad SMARTS) is 7. The SMILES string of the molecule is CC(C)[C@H](N)C(=O)O.NC(=O)CC[C@H](N)C(=O)O.NCC(=O)O.NCCCC[C@H](N)C(=O)O.N[C@@H](CC(=O)O)C(=O)O.O=C(O)[C@@H]1CCCN1. The number of nitrogens with two attached hydrogens (primary N) is 7. The van der Waals surface area contributed by atoms with E-state index in [1.807, 2.05) is 0 Å². The summed E-state index contributed by atoms with van der Waals surface area (Å²) in [5.41, 5.74) is 34.8. The van der Waals surface area contributed by atoms with Gasteiger partial charge in [0.2, 0.25) is 5.91 Å². The van der Waals surface area contributed by atoms with Crippen molar-refractivity contribution in [3.8, 4) is 0 Å². The molecule has 1 rings (SSSR count). The van der Waals surface area contributed by atoms with Crippen LogP contribution in [0.5, 0.6) is 0 Å². The van der Waals surface area contributed by atoms with Crippen LogP contribution in [0.4, 0.5) is 0 Å². The molecule has 0 spiro atoms. The maximum atomic E-state index is 10.1. The average Bonchev–Trinajstić information content (AvgIpc) is 3.56. The molecule has 0 bridgehead atoms. The Bertz CT molecular complexity index is 1000. The molecule has 0 aromatic heterocycles. The molecule has 1 aliphatic heterocycles. The molecule has 1 fully saturated rings. The van der Waals surface area contributed by atoms with Gasteiger partial charge in [-0.05, 0) is 51.1 Å². The standard InChI is InChI=1S/C6H14N2O2.C5H10N2O3.C5H9NO2.C5H11NO2.C4H7NO4.C2H5NO2/c7-4-2-1-3-5(8)6(9)10;6-3(5(9)10)1-2-4(7)8;7-5(8)4-2-1-3-6-4;1-3(2)4(6)5(7)8;5-2(4(8)9)1-3(6)7;3-1-2(4)5/h5H,1-4,7-8H2,(H,9,10);3H,1-2,6H2,(H2,7,8)(H,9,10);4,6H,1-3H2,(H,7,8);3-4H,6H2,1-2H3,(H,7,8);2H,1,5H2,(H,6,7)(H,8,9);1,3H2,(H,4,5)/t5-;3-;2*4-;2-;/m00000./s1. The molecule has 294 valence electrons. The molecule has 0 radical (unpaired) electrons. The Hall–Kier alpha value is -4.52. The monoisotopic (exact) mass is 732 g/mol. The molecule has 1 aliphatic rings. The molecule has 23 nitrogen and oxygen atoms in total. The van der Waals surface area contributed by atoms with Crippen molar-refractivity contribution in [3.05, 3.63) is 0 Å². The van der Waals surface area contributed by atoms with Gasteiger partial charge in [-0.3, -0.25) is 38.4 Å². The minimum atomic E-state index is -1.29. The van der Waals surface area contributed by atoms with Crippen molar-refractivity contribution in [2.45, 2.75) is 95.4 Å². The van der Waals surface area contributed by atoms with Gasteiger partial charge in [0.1, 0.15) is 30.2 Å². The summed E-state index contributed by atoms with van der Waals surface area (Å²) >= 11 is 0. The smallest absolute Gasteiger partial charge is 0.321 e. The summed E-state index contributed by atoms with van der Waals surface area (Å²) in [6.07, 6.45) is 3.54. The van der Waals surface area contributed by atoms with Gasteiger partial charge >= 0.3 is 41.8 Å². The first-order valence-corrected chi connectivity index (χ1v) is 14.9. The summed E-state index contributed by atoms with van der Waals surface area (Å²) in [7, 11) is 0. The van der Waals surface area contributed by atoms with Crippen molar-refractivity contribution >= 4 is 47.7 Å². The van der Waals surface area contributed by atoms with Gasteiger partial charge in [-0.25, -0.2) is 0 Å². The van der Waals surface area contributed by atoms with E-state index in [1.54, 1.807) is 13.8 Å². The second kappa shape index (κ2) is 34.3. The third kappa shape index (κ3) is 43.5. The van der Waals surface area contributed by atoms with Crippen LogP contribution in [0.1, 0.15) is 65.2 Å². The molecule has 0 unspecified atom stereocenters. The molecule has 23 heteroatoms. The summed E-state index contributed by atoms with van der Waals surface area (Å²) < 4.78 is 0. The number of hydrogen-bond acceptors (Lipinski definition) is 15. The third-order valence-corrected chi connectivity index (χ3v) is 5.55. The number of amides is 1. The minimum Gasteiger partial charge on any atom is -0.481 e. The predicted octanol–water partition coefficient (Wildman–Crippen LogP) is -4.03. The lowest BCUT2D eigenvalue weighted by molar-refractivity contribution is -0.144. The first-order valence-electron chi connectivity index (χ1n) is 14.9. The number of hydrogen-bond donors (Lipinski definition) is 15. The van der Waals surface area contributed by atoms with E-state index in [2.05, 4.69) is 11.1 Å². The summed E-state index contributed by atoms with van der Waals surface area (Å²) in [4.78, 5) is 79.3. The van der Waals surface area contributed by atoms with Crippen LogP contribution in [0.2, 0.25) is 0 Å². The fourth-order valence-electron chi connectivity index (χ4n) is 2.51. The Morgan fingerprint density at radius 3 is 1.32 bits per heavy atom. The van der Waals surface area contributed by atoms with Crippen LogP contribution in [0, 0.1) is 5.92 Å². The zero-order chi connectivity index (χ0) is 40.6. The lowest BCUT2D eigenvalue weighted by Crippen LogP contribution is -2.34. The number of primary amides is 1. The first kappa shape index (κ1) is 54.9. The van der Waals surface area contributed by atoms with Crippen LogP contribution < -0.4 is 45.5 Å². The summed E-state index contributed by atoms with van der Waals surface area (Å²) in [6.45, 7) is 4.74. The van der Waals surface area contributed by atoms with Crippen molar-refractivity contribution < 1.29 is 74.1 Å². The van der Waals surface area contributed by atoms with E-state index < -0.39 is 78.3 Å². The van der Waals surface area contributed by atoms with Gasteiger partial charge in [-0.1, -0.05) is 20.3 Å². The number of carbonyl (C=O) groups excluding carboxylic acids is 1. The molecule has 0 aliphatic carbocycles. The van der Waals surface area contributed by atoms with Crippen LogP contribution in [0.25, 0.3) is 0 Å². The molecular formula is C27H56N8O15. The quantitative estimate of drug-likeness (QED) is 0.0671. The van der Waals surface area contributed by atoms with Crippen molar-refractivity contribution in [3.63, 3.8) is 0 Å².